The molecule has 0 fully saturated rings. The summed E-state index contributed by atoms with van der Waals surface area (Å²) in [7, 11) is -3.53. The zero-order valence-electron chi connectivity index (χ0n) is 10.3. The Hall–Kier alpha value is -0.980. The van der Waals surface area contributed by atoms with Gasteiger partial charge in [0.05, 0.1) is 4.90 Å². The lowest BCUT2D eigenvalue weighted by molar-refractivity contribution is 0.576. The van der Waals surface area contributed by atoms with E-state index < -0.39 is 10.0 Å². The summed E-state index contributed by atoms with van der Waals surface area (Å²) in [5.41, 5.74) is 5.91. The normalized spacial score (nSPS) is 11.4. The standard InChI is InChI=1S/C12H18N2O2S2/c1-2-3-6-9-14-18(15,16)11-8-5-4-7-10(11)12(13)17/h4-5,7-8,14H,2-3,6,9H2,1H3,(H2,13,17). The minimum atomic E-state index is -3.53. The van der Waals surface area contributed by atoms with Crippen molar-refractivity contribution >= 4 is 27.2 Å². The molecule has 0 saturated heterocycles. The molecule has 0 spiro atoms. The molecule has 3 N–H and O–H groups in total. The van der Waals surface area contributed by atoms with Crippen molar-refractivity contribution in [2.24, 2.45) is 5.73 Å². The Morgan fingerprint density at radius 3 is 2.61 bits per heavy atom. The molecule has 100 valence electrons. The van der Waals surface area contributed by atoms with Crippen molar-refractivity contribution in [3.05, 3.63) is 29.8 Å². The maximum absolute atomic E-state index is 12.1. The second kappa shape index (κ2) is 6.82. The van der Waals surface area contributed by atoms with Crippen LogP contribution in [0.5, 0.6) is 0 Å². The van der Waals surface area contributed by atoms with E-state index in [1.54, 1.807) is 18.2 Å². The monoisotopic (exact) mass is 286 g/mol. The van der Waals surface area contributed by atoms with Gasteiger partial charge in [0.15, 0.2) is 0 Å². The summed E-state index contributed by atoms with van der Waals surface area (Å²) in [6.07, 6.45) is 2.87. The van der Waals surface area contributed by atoms with Crippen LogP contribution in [-0.2, 0) is 10.0 Å². The van der Waals surface area contributed by atoms with Crippen molar-refractivity contribution in [2.75, 3.05) is 6.54 Å². The van der Waals surface area contributed by atoms with Crippen LogP contribution in [0.15, 0.2) is 29.2 Å². The third-order valence-electron chi connectivity index (χ3n) is 2.51. The van der Waals surface area contributed by atoms with E-state index >= 15 is 0 Å². The first-order valence-electron chi connectivity index (χ1n) is 5.87. The number of hydrogen-bond donors (Lipinski definition) is 2. The van der Waals surface area contributed by atoms with E-state index in [0.29, 0.717) is 12.1 Å². The molecule has 0 bridgehead atoms. The average molecular weight is 286 g/mol. The lowest BCUT2D eigenvalue weighted by Gasteiger charge is -2.10. The van der Waals surface area contributed by atoms with Gasteiger partial charge in [-0.25, -0.2) is 13.1 Å². The van der Waals surface area contributed by atoms with Crippen molar-refractivity contribution in [2.45, 2.75) is 31.1 Å². The van der Waals surface area contributed by atoms with Gasteiger partial charge in [0.25, 0.3) is 0 Å². The van der Waals surface area contributed by atoms with Gasteiger partial charge in [0, 0.05) is 12.1 Å². The van der Waals surface area contributed by atoms with Crippen LogP contribution in [0.1, 0.15) is 31.7 Å². The van der Waals surface area contributed by atoms with Crippen LogP contribution in [0.2, 0.25) is 0 Å². The van der Waals surface area contributed by atoms with E-state index in [1.807, 2.05) is 0 Å². The largest absolute Gasteiger partial charge is 0.389 e. The number of unbranched alkanes of at least 4 members (excludes halogenated alkanes) is 2. The summed E-state index contributed by atoms with van der Waals surface area (Å²) >= 11 is 4.86. The highest BCUT2D eigenvalue weighted by atomic mass is 32.2. The molecule has 0 amide bonds. The molecule has 0 radical (unpaired) electrons. The fourth-order valence-electron chi connectivity index (χ4n) is 1.56. The summed E-state index contributed by atoms with van der Waals surface area (Å²) in [6.45, 7) is 2.50. The van der Waals surface area contributed by atoms with Gasteiger partial charge in [-0.1, -0.05) is 50.2 Å². The van der Waals surface area contributed by atoms with Gasteiger partial charge in [0.2, 0.25) is 10.0 Å². The van der Waals surface area contributed by atoms with Crippen LogP contribution in [0.4, 0.5) is 0 Å². The van der Waals surface area contributed by atoms with Crippen LogP contribution in [0, 0.1) is 0 Å². The van der Waals surface area contributed by atoms with Crippen molar-refractivity contribution in [3.8, 4) is 0 Å². The van der Waals surface area contributed by atoms with Gasteiger partial charge >= 0.3 is 0 Å². The van der Waals surface area contributed by atoms with Crippen LogP contribution in [0.3, 0.4) is 0 Å². The number of nitrogens with two attached hydrogens (primary N) is 1. The Labute approximate surface area is 114 Å². The first-order valence-corrected chi connectivity index (χ1v) is 7.76. The minimum Gasteiger partial charge on any atom is -0.389 e. The molecule has 0 unspecified atom stereocenters. The van der Waals surface area contributed by atoms with Crippen molar-refractivity contribution < 1.29 is 8.42 Å². The predicted octanol–water partition coefficient (Wildman–Crippen LogP) is 1.79. The number of thiocarbonyl (C=S) groups is 1. The van der Waals surface area contributed by atoms with Crippen LogP contribution < -0.4 is 10.5 Å². The molecular formula is C12H18N2O2S2. The average Bonchev–Trinajstić information content (AvgIpc) is 2.35. The van der Waals surface area contributed by atoms with Gasteiger partial charge in [-0.05, 0) is 12.5 Å². The highest BCUT2D eigenvalue weighted by Crippen LogP contribution is 2.15. The maximum atomic E-state index is 12.1. The first-order chi connectivity index (χ1) is 8.49. The smallest absolute Gasteiger partial charge is 0.241 e. The van der Waals surface area contributed by atoms with E-state index in [1.165, 1.54) is 6.07 Å². The second-order valence-electron chi connectivity index (χ2n) is 3.97. The van der Waals surface area contributed by atoms with Gasteiger partial charge in [0.1, 0.15) is 4.99 Å². The fraction of sp³-hybridized carbons (Fsp3) is 0.417. The van der Waals surface area contributed by atoms with Crippen molar-refractivity contribution in [1.82, 2.24) is 4.72 Å². The zero-order chi connectivity index (χ0) is 13.6. The SMILES string of the molecule is CCCCCNS(=O)(=O)c1ccccc1C(N)=S. The molecule has 1 rings (SSSR count). The van der Waals surface area contributed by atoms with Crippen LogP contribution in [0.25, 0.3) is 0 Å². The molecule has 1 aromatic carbocycles. The lowest BCUT2D eigenvalue weighted by atomic mass is 10.2. The molecule has 6 heteroatoms. The Kier molecular flexibility index (Phi) is 5.71. The third-order valence-corrected chi connectivity index (χ3v) is 4.25. The number of hydrogen-bond acceptors (Lipinski definition) is 3. The topological polar surface area (TPSA) is 72.2 Å². The van der Waals surface area contributed by atoms with Gasteiger partial charge < -0.3 is 5.73 Å². The van der Waals surface area contributed by atoms with E-state index in [9.17, 15) is 8.42 Å². The van der Waals surface area contributed by atoms with Gasteiger partial charge in [-0.2, -0.15) is 0 Å². The molecule has 18 heavy (non-hydrogen) atoms. The summed E-state index contributed by atoms with van der Waals surface area (Å²) in [5.74, 6) is 0. The summed E-state index contributed by atoms with van der Waals surface area (Å²) in [4.78, 5) is 0.235. The highest BCUT2D eigenvalue weighted by Gasteiger charge is 2.18. The van der Waals surface area contributed by atoms with Crippen LogP contribution in [-0.4, -0.2) is 20.0 Å². The minimum absolute atomic E-state index is 0.0875. The van der Waals surface area contributed by atoms with Crippen LogP contribution >= 0.6 is 12.2 Å². The molecule has 0 atom stereocenters. The summed E-state index contributed by atoms with van der Waals surface area (Å²) in [5, 5.41) is 0. The molecule has 0 aliphatic carbocycles. The molecule has 4 nitrogen and oxygen atoms in total. The molecule has 0 saturated carbocycles. The Bertz CT molecular complexity index is 513. The van der Waals surface area contributed by atoms with E-state index in [2.05, 4.69) is 11.6 Å². The van der Waals surface area contributed by atoms with E-state index in [0.717, 1.165) is 19.3 Å². The van der Waals surface area contributed by atoms with Gasteiger partial charge in [-0.15, -0.1) is 0 Å². The Balaban J connectivity index is 2.88. The molecular weight excluding hydrogens is 268 g/mol. The summed E-state index contributed by atoms with van der Waals surface area (Å²) < 4.78 is 26.8. The first kappa shape index (κ1) is 15.1. The maximum Gasteiger partial charge on any atom is 0.241 e. The van der Waals surface area contributed by atoms with Gasteiger partial charge in [-0.3, -0.25) is 0 Å². The van der Waals surface area contributed by atoms with E-state index in [4.69, 9.17) is 18.0 Å². The van der Waals surface area contributed by atoms with Crippen molar-refractivity contribution in [1.29, 1.82) is 0 Å². The molecule has 1 aromatic rings. The molecule has 0 aliphatic heterocycles. The molecule has 0 heterocycles. The third kappa shape index (κ3) is 4.04. The lowest BCUT2D eigenvalue weighted by Crippen LogP contribution is -2.27. The Morgan fingerprint density at radius 2 is 2.00 bits per heavy atom. The predicted molar refractivity (Wildman–Crippen MR) is 77.0 cm³/mol. The Morgan fingerprint density at radius 1 is 1.33 bits per heavy atom. The molecule has 0 aliphatic rings. The quantitative estimate of drug-likeness (QED) is 0.592. The zero-order valence-corrected chi connectivity index (χ0v) is 12.0. The second-order valence-corrected chi connectivity index (χ2v) is 6.14. The number of nitrogens with one attached hydrogen (secondary N) is 1. The number of sulfonamides is 1. The highest BCUT2D eigenvalue weighted by molar-refractivity contribution is 7.89. The fourth-order valence-corrected chi connectivity index (χ4v) is 3.10. The number of rotatable bonds is 7. The molecule has 0 aromatic heterocycles. The van der Waals surface area contributed by atoms with E-state index in [-0.39, 0.29) is 9.88 Å². The van der Waals surface area contributed by atoms with Crippen molar-refractivity contribution in [3.63, 3.8) is 0 Å². The number of benzene rings is 1. The summed E-state index contributed by atoms with van der Waals surface area (Å²) in [6, 6.07) is 6.49.